The number of aryl methyl sites for hydroxylation is 2. The number of nitrogens with two attached hydrogens (primary N) is 1. The zero-order valence-corrected chi connectivity index (χ0v) is 13.2. The number of aromatic nitrogens is 4. The number of nitrogen functional groups attached to an aromatic ring is 1. The van der Waals surface area contributed by atoms with Crippen LogP contribution in [0.4, 0.5) is 0 Å². The Bertz CT molecular complexity index is 637. The third-order valence-corrected chi connectivity index (χ3v) is 4.60. The average Bonchev–Trinajstić information content (AvgIpc) is 2.83. The van der Waals surface area contributed by atoms with E-state index in [2.05, 4.69) is 19.6 Å². The van der Waals surface area contributed by atoms with Crippen LogP contribution in [0.15, 0.2) is 9.37 Å². The van der Waals surface area contributed by atoms with Gasteiger partial charge in [-0.1, -0.05) is 13.8 Å². The van der Waals surface area contributed by atoms with Gasteiger partial charge < -0.3 is 5.73 Å². The number of nitrogens with zero attached hydrogens (tertiary/aromatic N) is 4. The molecule has 0 saturated heterocycles. The van der Waals surface area contributed by atoms with Crippen LogP contribution in [0.2, 0.25) is 0 Å². The van der Waals surface area contributed by atoms with Crippen LogP contribution in [0, 0.1) is 12.3 Å². The zero-order valence-electron chi connectivity index (χ0n) is 11.6. The molecule has 0 atom stereocenters. The first-order valence-corrected chi connectivity index (χ1v) is 7.86. The molecule has 3 N–H and O–H groups in total. The maximum atomic E-state index is 7.83. The predicted molar refractivity (Wildman–Crippen MR) is 80.6 cm³/mol. The van der Waals surface area contributed by atoms with Gasteiger partial charge in [0.15, 0.2) is 4.34 Å². The van der Waals surface area contributed by atoms with Crippen molar-refractivity contribution in [2.24, 2.45) is 5.73 Å². The smallest absolute Gasteiger partial charge is 0.176 e. The van der Waals surface area contributed by atoms with Gasteiger partial charge in [-0.2, -0.15) is 9.47 Å². The van der Waals surface area contributed by atoms with Gasteiger partial charge in [-0.15, -0.1) is 5.10 Å². The molecule has 106 valence electrons. The van der Waals surface area contributed by atoms with Crippen molar-refractivity contribution < 1.29 is 0 Å². The molecule has 0 aromatic carbocycles. The van der Waals surface area contributed by atoms with E-state index in [1.165, 1.54) is 23.3 Å². The molecule has 0 bridgehead atoms. The molecule has 0 unspecified atom stereocenters. The maximum absolute atomic E-state index is 7.83. The Morgan fingerprint density at radius 3 is 2.55 bits per heavy atom. The van der Waals surface area contributed by atoms with E-state index in [0.29, 0.717) is 10.6 Å². The number of nitrogens with one attached hydrogen (secondary N) is 1. The van der Waals surface area contributed by atoms with E-state index < -0.39 is 0 Å². The minimum atomic E-state index is 0.0233. The second kappa shape index (κ2) is 6.27. The van der Waals surface area contributed by atoms with Crippen molar-refractivity contribution in [3.8, 4) is 0 Å². The molecular formula is C12H16N6S2. The highest BCUT2D eigenvalue weighted by Gasteiger charge is 2.18. The summed E-state index contributed by atoms with van der Waals surface area (Å²) < 4.78 is 4.92. The molecule has 0 saturated carbocycles. The lowest BCUT2D eigenvalue weighted by molar-refractivity contribution is 0.819. The van der Waals surface area contributed by atoms with Gasteiger partial charge in [0.25, 0.3) is 0 Å². The summed E-state index contributed by atoms with van der Waals surface area (Å²) in [5.74, 6) is 0.755. The van der Waals surface area contributed by atoms with E-state index in [1.807, 2.05) is 20.8 Å². The standard InChI is InChI=1S/C12H16N6S2/c1-4-7-8(5-2)16-17-11(9(7)10(13)14)19-12-15-6(3)18-20-12/h4-5H2,1-3H3,(H3,13,14). The lowest BCUT2D eigenvalue weighted by Crippen LogP contribution is -2.18. The molecule has 0 aliphatic heterocycles. The normalized spacial score (nSPS) is 10.8. The molecule has 0 spiro atoms. The van der Waals surface area contributed by atoms with Gasteiger partial charge in [0.1, 0.15) is 16.7 Å². The molecule has 2 heterocycles. The molecule has 2 aromatic heterocycles. The van der Waals surface area contributed by atoms with E-state index >= 15 is 0 Å². The molecule has 2 aromatic rings. The summed E-state index contributed by atoms with van der Waals surface area (Å²) in [7, 11) is 0. The van der Waals surface area contributed by atoms with Crippen LogP contribution < -0.4 is 5.73 Å². The summed E-state index contributed by atoms with van der Waals surface area (Å²) in [5.41, 5.74) is 8.32. The summed E-state index contributed by atoms with van der Waals surface area (Å²) >= 11 is 2.67. The van der Waals surface area contributed by atoms with Crippen molar-refractivity contribution in [3.05, 3.63) is 22.6 Å². The van der Waals surface area contributed by atoms with Crippen LogP contribution in [0.1, 0.15) is 36.5 Å². The van der Waals surface area contributed by atoms with Crippen molar-refractivity contribution in [2.45, 2.75) is 43.0 Å². The first-order valence-electron chi connectivity index (χ1n) is 6.27. The topological polar surface area (TPSA) is 101 Å². The zero-order chi connectivity index (χ0) is 14.7. The van der Waals surface area contributed by atoms with E-state index in [0.717, 1.165) is 34.3 Å². The third kappa shape index (κ3) is 2.96. The predicted octanol–water partition coefficient (Wildman–Crippen LogP) is 2.20. The molecule has 0 amide bonds. The second-order valence-electron chi connectivity index (χ2n) is 4.14. The van der Waals surface area contributed by atoms with E-state index in [4.69, 9.17) is 11.1 Å². The fourth-order valence-electron chi connectivity index (χ4n) is 1.91. The summed E-state index contributed by atoms with van der Waals surface area (Å²) in [4.78, 5) is 4.30. The fraction of sp³-hybridized carbons (Fsp3) is 0.417. The molecule has 0 radical (unpaired) electrons. The molecule has 0 fully saturated rings. The number of amidine groups is 1. The summed E-state index contributed by atoms with van der Waals surface area (Å²) in [5, 5.41) is 16.9. The molecule has 20 heavy (non-hydrogen) atoms. The number of rotatable bonds is 5. The Morgan fingerprint density at radius 2 is 2.05 bits per heavy atom. The maximum Gasteiger partial charge on any atom is 0.176 e. The average molecular weight is 308 g/mol. The highest BCUT2D eigenvalue weighted by Crippen LogP contribution is 2.31. The van der Waals surface area contributed by atoms with Crippen LogP contribution in [-0.4, -0.2) is 25.4 Å². The van der Waals surface area contributed by atoms with Crippen LogP contribution in [0.25, 0.3) is 0 Å². The molecular weight excluding hydrogens is 292 g/mol. The van der Waals surface area contributed by atoms with Crippen LogP contribution in [0.5, 0.6) is 0 Å². The highest BCUT2D eigenvalue weighted by atomic mass is 32.2. The molecule has 6 nitrogen and oxygen atoms in total. The Kier molecular flexibility index (Phi) is 4.66. The van der Waals surface area contributed by atoms with Crippen LogP contribution >= 0.6 is 23.3 Å². The molecule has 2 rings (SSSR count). The van der Waals surface area contributed by atoms with Crippen molar-refractivity contribution in [2.75, 3.05) is 0 Å². The van der Waals surface area contributed by atoms with Crippen molar-refractivity contribution in [1.29, 1.82) is 5.41 Å². The number of hydrogen-bond donors (Lipinski definition) is 2. The van der Waals surface area contributed by atoms with Crippen molar-refractivity contribution >= 4 is 29.1 Å². The monoisotopic (exact) mass is 308 g/mol. The Hall–Kier alpha value is -1.54. The van der Waals surface area contributed by atoms with E-state index in [1.54, 1.807) is 0 Å². The lowest BCUT2D eigenvalue weighted by Gasteiger charge is -2.12. The van der Waals surface area contributed by atoms with Gasteiger partial charge in [-0.05, 0) is 48.6 Å². The molecule has 0 aliphatic carbocycles. The summed E-state index contributed by atoms with van der Waals surface area (Å²) in [6, 6.07) is 0. The first kappa shape index (κ1) is 14.9. The van der Waals surface area contributed by atoms with E-state index in [9.17, 15) is 0 Å². The fourth-order valence-corrected chi connectivity index (χ4v) is 3.59. The second-order valence-corrected chi connectivity index (χ2v) is 6.12. The largest absolute Gasteiger partial charge is 0.384 e. The van der Waals surface area contributed by atoms with Gasteiger partial charge in [-0.25, -0.2) is 4.98 Å². The van der Waals surface area contributed by atoms with Gasteiger partial charge in [0.2, 0.25) is 0 Å². The summed E-state index contributed by atoms with van der Waals surface area (Å²) in [6.07, 6.45) is 1.55. The van der Waals surface area contributed by atoms with Gasteiger partial charge in [0.05, 0.1) is 11.3 Å². The lowest BCUT2D eigenvalue weighted by atomic mass is 10.0. The van der Waals surface area contributed by atoms with Crippen molar-refractivity contribution in [1.82, 2.24) is 19.6 Å². The summed E-state index contributed by atoms with van der Waals surface area (Å²) in [6.45, 7) is 5.90. The Morgan fingerprint density at radius 1 is 1.30 bits per heavy atom. The quantitative estimate of drug-likeness (QED) is 0.648. The minimum Gasteiger partial charge on any atom is -0.384 e. The van der Waals surface area contributed by atoms with Gasteiger partial charge >= 0.3 is 0 Å². The van der Waals surface area contributed by atoms with Crippen LogP contribution in [0.3, 0.4) is 0 Å². The molecule has 0 aliphatic rings. The molecule has 8 heteroatoms. The van der Waals surface area contributed by atoms with E-state index in [-0.39, 0.29) is 5.84 Å². The van der Waals surface area contributed by atoms with Crippen LogP contribution in [-0.2, 0) is 12.8 Å². The van der Waals surface area contributed by atoms with Gasteiger partial charge in [0, 0.05) is 0 Å². The van der Waals surface area contributed by atoms with Gasteiger partial charge in [-0.3, -0.25) is 5.41 Å². The first-order chi connectivity index (χ1) is 9.56. The Labute approximate surface area is 125 Å². The Balaban J connectivity index is 2.49. The highest BCUT2D eigenvalue weighted by molar-refractivity contribution is 8.01. The minimum absolute atomic E-state index is 0.0233. The van der Waals surface area contributed by atoms with Crippen molar-refractivity contribution in [3.63, 3.8) is 0 Å². The third-order valence-electron chi connectivity index (χ3n) is 2.78. The SMILES string of the molecule is CCc1nnc(Sc2nc(C)ns2)c(C(=N)N)c1CC. The number of hydrogen-bond acceptors (Lipinski definition) is 7.